The predicted molar refractivity (Wildman–Crippen MR) is 133 cm³/mol. The highest BCUT2D eigenvalue weighted by atomic mass is 16.5. The third kappa shape index (κ3) is 4.51. The molecular formula is C28H25N3O2. The van der Waals surface area contributed by atoms with E-state index in [0.717, 1.165) is 39.2 Å². The van der Waals surface area contributed by atoms with Crippen molar-refractivity contribution in [1.82, 2.24) is 4.57 Å². The molecule has 0 aliphatic carbocycles. The first kappa shape index (κ1) is 21.9. The van der Waals surface area contributed by atoms with Crippen LogP contribution in [0.4, 0.5) is 5.69 Å². The first-order chi connectivity index (χ1) is 16.0. The first-order valence-corrected chi connectivity index (χ1v) is 10.8. The summed E-state index contributed by atoms with van der Waals surface area (Å²) in [5.41, 5.74) is 4.54. The van der Waals surface area contributed by atoms with Gasteiger partial charge in [-0.25, -0.2) is 0 Å². The second-order valence-electron chi connectivity index (χ2n) is 7.74. The van der Waals surface area contributed by atoms with Crippen LogP contribution in [0.1, 0.15) is 23.9 Å². The molecule has 164 valence electrons. The lowest BCUT2D eigenvalue weighted by molar-refractivity contribution is -0.112. The van der Waals surface area contributed by atoms with Crippen LogP contribution in [-0.4, -0.2) is 17.1 Å². The Hall–Kier alpha value is -4.30. The van der Waals surface area contributed by atoms with Crippen LogP contribution in [0.15, 0.2) is 78.4 Å². The molecule has 1 heterocycles. The number of ether oxygens (including phenoxy) is 1. The molecule has 0 aliphatic heterocycles. The normalized spacial score (nSPS) is 11.3. The Balaban J connectivity index is 1.65. The Kier molecular flexibility index (Phi) is 6.28. The molecule has 0 fully saturated rings. The van der Waals surface area contributed by atoms with Crippen molar-refractivity contribution in [2.24, 2.45) is 0 Å². The monoisotopic (exact) mass is 435 g/mol. The van der Waals surface area contributed by atoms with Crippen LogP contribution in [0.25, 0.3) is 22.5 Å². The molecule has 4 rings (SSSR count). The fourth-order valence-electron chi connectivity index (χ4n) is 4.01. The minimum absolute atomic E-state index is 0.0436. The van der Waals surface area contributed by atoms with Gasteiger partial charge in [0.05, 0.1) is 12.3 Å². The molecular weight excluding hydrogens is 410 g/mol. The second kappa shape index (κ2) is 9.46. The lowest BCUT2D eigenvalue weighted by atomic mass is 10.1. The zero-order valence-corrected chi connectivity index (χ0v) is 18.9. The minimum atomic E-state index is -0.448. The standard InChI is InChI=1S/C28H25N3O2/c1-4-33-25-14-12-24(13-15-25)30-28(32)23(18-29)17-22-16-19(2)31(20(22)3)27-11-7-9-21-8-5-6-10-26(21)27/h5-17H,4H2,1-3H3,(H,30,32). The van der Waals surface area contributed by atoms with Gasteiger partial charge in [-0.3, -0.25) is 4.79 Å². The van der Waals surface area contributed by atoms with E-state index in [2.05, 4.69) is 34.1 Å². The number of benzene rings is 3. The Morgan fingerprint density at radius 1 is 1.06 bits per heavy atom. The summed E-state index contributed by atoms with van der Waals surface area (Å²) in [5, 5.41) is 14.8. The van der Waals surface area contributed by atoms with E-state index in [9.17, 15) is 10.1 Å². The van der Waals surface area contributed by atoms with Crippen molar-refractivity contribution in [2.75, 3.05) is 11.9 Å². The lowest BCUT2D eigenvalue weighted by Crippen LogP contribution is -2.13. The molecule has 0 saturated heterocycles. The second-order valence-corrected chi connectivity index (χ2v) is 7.74. The summed E-state index contributed by atoms with van der Waals surface area (Å²) in [7, 11) is 0. The average Bonchev–Trinajstić information content (AvgIpc) is 3.11. The molecule has 0 bridgehead atoms. The quantitative estimate of drug-likeness (QED) is 0.290. The highest BCUT2D eigenvalue weighted by Crippen LogP contribution is 2.28. The van der Waals surface area contributed by atoms with Gasteiger partial charge in [0, 0.05) is 22.5 Å². The molecule has 0 spiro atoms. The van der Waals surface area contributed by atoms with E-state index >= 15 is 0 Å². The van der Waals surface area contributed by atoms with E-state index in [1.54, 1.807) is 30.3 Å². The fraction of sp³-hybridized carbons (Fsp3) is 0.143. The van der Waals surface area contributed by atoms with E-state index in [4.69, 9.17) is 4.74 Å². The maximum Gasteiger partial charge on any atom is 0.266 e. The van der Waals surface area contributed by atoms with Gasteiger partial charge in [-0.1, -0.05) is 36.4 Å². The van der Waals surface area contributed by atoms with Crippen molar-refractivity contribution < 1.29 is 9.53 Å². The van der Waals surface area contributed by atoms with Crippen molar-refractivity contribution in [1.29, 1.82) is 5.26 Å². The summed E-state index contributed by atoms with van der Waals surface area (Å²) in [5.74, 6) is 0.282. The number of nitriles is 1. The molecule has 4 aromatic rings. The number of nitrogens with one attached hydrogen (secondary N) is 1. The number of anilines is 1. The van der Waals surface area contributed by atoms with Crippen LogP contribution in [0.5, 0.6) is 5.75 Å². The number of nitrogens with zero attached hydrogens (tertiary/aromatic N) is 2. The number of fused-ring (bicyclic) bond motifs is 1. The SMILES string of the molecule is CCOc1ccc(NC(=O)C(C#N)=Cc2cc(C)n(-c3cccc4ccccc34)c2C)cc1. The number of carbonyl (C=O) groups is 1. The van der Waals surface area contributed by atoms with Crippen molar-refractivity contribution >= 4 is 28.4 Å². The number of aromatic nitrogens is 1. The summed E-state index contributed by atoms with van der Waals surface area (Å²) < 4.78 is 7.58. The molecule has 0 atom stereocenters. The summed E-state index contributed by atoms with van der Waals surface area (Å²) in [6.07, 6.45) is 1.65. The smallest absolute Gasteiger partial charge is 0.266 e. The average molecular weight is 436 g/mol. The van der Waals surface area contributed by atoms with Crippen LogP contribution < -0.4 is 10.1 Å². The van der Waals surface area contributed by atoms with Crippen LogP contribution in [-0.2, 0) is 4.79 Å². The minimum Gasteiger partial charge on any atom is -0.494 e. The first-order valence-electron chi connectivity index (χ1n) is 10.8. The van der Waals surface area contributed by atoms with E-state index < -0.39 is 5.91 Å². The van der Waals surface area contributed by atoms with Gasteiger partial charge in [0.25, 0.3) is 5.91 Å². The van der Waals surface area contributed by atoms with Crippen molar-refractivity contribution in [2.45, 2.75) is 20.8 Å². The summed E-state index contributed by atoms with van der Waals surface area (Å²) in [6.45, 7) is 6.51. The predicted octanol–water partition coefficient (Wildman–Crippen LogP) is 6.19. The molecule has 1 amide bonds. The Morgan fingerprint density at radius 3 is 2.52 bits per heavy atom. The molecule has 1 N–H and O–H groups in total. The summed E-state index contributed by atoms with van der Waals surface area (Å²) in [4.78, 5) is 12.8. The zero-order valence-electron chi connectivity index (χ0n) is 18.9. The summed E-state index contributed by atoms with van der Waals surface area (Å²) >= 11 is 0. The molecule has 0 aliphatic rings. The number of rotatable bonds is 6. The maximum atomic E-state index is 12.8. The third-order valence-corrected chi connectivity index (χ3v) is 5.57. The van der Waals surface area contributed by atoms with Crippen LogP contribution in [0, 0.1) is 25.2 Å². The third-order valence-electron chi connectivity index (χ3n) is 5.57. The van der Waals surface area contributed by atoms with Gasteiger partial charge in [-0.15, -0.1) is 0 Å². The van der Waals surface area contributed by atoms with Gasteiger partial charge in [-0.05, 0) is 74.2 Å². The highest BCUT2D eigenvalue weighted by molar-refractivity contribution is 6.09. The van der Waals surface area contributed by atoms with Gasteiger partial charge in [-0.2, -0.15) is 5.26 Å². The lowest BCUT2D eigenvalue weighted by Gasteiger charge is -2.13. The van der Waals surface area contributed by atoms with Crippen LogP contribution in [0.3, 0.4) is 0 Å². The topological polar surface area (TPSA) is 67.0 Å². The fourth-order valence-corrected chi connectivity index (χ4v) is 4.01. The van der Waals surface area contributed by atoms with Crippen LogP contribution >= 0.6 is 0 Å². The largest absolute Gasteiger partial charge is 0.494 e. The highest BCUT2D eigenvalue weighted by Gasteiger charge is 2.15. The van der Waals surface area contributed by atoms with Gasteiger partial charge in [0.2, 0.25) is 0 Å². The maximum absolute atomic E-state index is 12.8. The van der Waals surface area contributed by atoms with Crippen molar-refractivity contribution in [3.05, 3.63) is 95.3 Å². The number of carbonyl (C=O) groups excluding carboxylic acids is 1. The van der Waals surface area contributed by atoms with Gasteiger partial charge in [0.1, 0.15) is 17.4 Å². The number of hydrogen-bond donors (Lipinski definition) is 1. The van der Waals surface area contributed by atoms with E-state index in [-0.39, 0.29) is 5.57 Å². The van der Waals surface area contributed by atoms with E-state index in [0.29, 0.717) is 12.3 Å². The van der Waals surface area contributed by atoms with E-state index in [1.807, 2.05) is 51.1 Å². The van der Waals surface area contributed by atoms with E-state index in [1.165, 1.54) is 0 Å². The van der Waals surface area contributed by atoms with Gasteiger partial charge < -0.3 is 14.6 Å². The molecule has 0 saturated carbocycles. The molecule has 0 radical (unpaired) electrons. The Labute approximate surface area is 193 Å². The summed E-state index contributed by atoms with van der Waals surface area (Å²) in [6, 6.07) is 25.6. The number of amides is 1. The zero-order chi connectivity index (χ0) is 23.4. The Morgan fingerprint density at radius 2 is 1.79 bits per heavy atom. The Bertz CT molecular complexity index is 1380. The molecule has 3 aromatic carbocycles. The molecule has 33 heavy (non-hydrogen) atoms. The molecule has 5 nitrogen and oxygen atoms in total. The van der Waals surface area contributed by atoms with Crippen molar-refractivity contribution in [3.63, 3.8) is 0 Å². The van der Waals surface area contributed by atoms with Gasteiger partial charge >= 0.3 is 0 Å². The molecule has 5 heteroatoms. The molecule has 1 aromatic heterocycles. The van der Waals surface area contributed by atoms with Crippen molar-refractivity contribution in [3.8, 4) is 17.5 Å². The van der Waals surface area contributed by atoms with Crippen LogP contribution in [0.2, 0.25) is 0 Å². The molecule has 0 unspecified atom stereocenters. The van der Waals surface area contributed by atoms with Gasteiger partial charge in [0.15, 0.2) is 0 Å². The number of aryl methyl sites for hydroxylation is 1. The number of hydrogen-bond acceptors (Lipinski definition) is 3.